The molecule has 0 bridgehead atoms. The minimum Gasteiger partial charge on any atom is -0.307 e. The van der Waals surface area contributed by atoms with Crippen molar-refractivity contribution in [2.45, 2.75) is 33.5 Å². The number of aromatic nitrogens is 3. The van der Waals surface area contributed by atoms with Crippen LogP contribution in [0.15, 0.2) is 57.9 Å². The van der Waals surface area contributed by atoms with Gasteiger partial charge in [0.1, 0.15) is 6.54 Å². The molecule has 10 nitrogen and oxygen atoms in total. The van der Waals surface area contributed by atoms with Crippen LogP contribution in [-0.2, 0) is 24.4 Å². The molecule has 0 saturated heterocycles. The number of hydrogen-bond acceptors (Lipinski definition) is 5. The number of urea groups is 1. The summed E-state index contributed by atoms with van der Waals surface area (Å²) in [4.78, 5) is 61.7. The number of carbonyl (C=O) groups excluding carboxylic acids is 2. The van der Waals surface area contributed by atoms with Gasteiger partial charge in [-0.2, -0.15) is 0 Å². The number of allylic oxidation sites excluding steroid dienone is 2. The zero-order chi connectivity index (χ0) is 22.4. The third-order valence-electron chi connectivity index (χ3n) is 4.19. The molecule has 0 atom stereocenters. The van der Waals surface area contributed by atoms with E-state index in [9.17, 15) is 24.0 Å². The molecule has 0 fully saturated rings. The summed E-state index contributed by atoms with van der Waals surface area (Å²) in [7, 11) is 0. The average molecular weight is 413 g/mol. The molecular formula is C20H23N5O5. The Bertz CT molecular complexity index is 1140. The summed E-state index contributed by atoms with van der Waals surface area (Å²) in [6.07, 6.45) is 2.63. The monoisotopic (exact) mass is 413 g/mol. The maximum absolute atomic E-state index is 12.5. The van der Waals surface area contributed by atoms with Crippen molar-refractivity contribution >= 4 is 17.6 Å². The highest BCUT2D eigenvalue weighted by atomic mass is 16.2. The molecule has 2 aromatic rings. The first-order valence-corrected chi connectivity index (χ1v) is 9.04. The molecule has 0 spiro atoms. The summed E-state index contributed by atoms with van der Waals surface area (Å²) in [6.45, 7) is 9.61. The number of carbonyl (C=O) groups is 2. The third kappa shape index (κ3) is 4.90. The molecule has 158 valence electrons. The summed E-state index contributed by atoms with van der Waals surface area (Å²) >= 11 is 0. The van der Waals surface area contributed by atoms with Gasteiger partial charge in [0.2, 0.25) is 5.91 Å². The van der Waals surface area contributed by atoms with Gasteiger partial charge in [-0.15, -0.1) is 13.2 Å². The average Bonchev–Trinajstić information content (AvgIpc) is 2.68. The Hall–Kier alpha value is -3.95. The molecule has 3 amide bonds. The van der Waals surface area contributed by atoms with E-state index in [1.165, 1.54) is 12.2 Å². The van der Waals surface area contributed by atoms with Gasteiger partial charge in [-0.1, -0.05) is 29.8 Å². The van der Waals surface area contributed by atoms with Gasteiger partial charge >= 0.3 is 23.1 Å². The maximum atomic E-state index is 12.5. The third-order valence-corrected chi connectivity index (χ3v) is 4.19. The maximum Gasteiger partial charge on any atom is 0.337 e. The lowest BCUT2D eigenvalue weighted by atomic mass is 10.1. The standard InChI is InChI=1S/C20H23N5O5/c1-5-9-23-18(28)24(10-6-2)20(30)25(19(23)29)12-16(26)22-17(27)21-15-8-7-13(3)11-14(15)4/h5-8,11H,1-2,9-10,12H2,3-4H3,(H2,21,22,26,27). The van der Waals surface area contributed by atoms with E-state index in [0.29, 0.717) is 10.3 Å². The molecule has 1 heterocycles. The number of benzene rings is 1. The predicted octanol–water partition coefficient (Wildman–Crippen LogP) is 0.509. The highest BCUT2D eigenvalue weighted by Crippen LogP contribution is 2.15. The normalized spacial score (nSPS) is 10.3. The quantitative estimate of drug-likeness (QED) is 0.640. The Kier molecular flexibility index (Phi) is 7.08. The fourth-order valence-corrected chi connectivity index (χ4v) is 2.81. The van der Waals surface area contributed by atoms with Crippen LogP contribution in [0, 0.1) is 13.8 Å². The van der Waals surface area contributed by atoms with Crippen LogP contribution in [0.5, 0.6) is 0 Å². The molecule has 30 heavy (non-hydrogen) atoms. The summed E-state index contributed by atoms with van der Waals surface area (Å²) in [6, 6.07) is 4.54. The van der Waals surface area contributed by atoms with E-state index in [-0.39, 0.29) is 13.1 Å². The van der Waals surface area contributed by atoms with Crippen molar-refractivity contribution in [1.82, 2.24) is 19.0 Å². The Labute approximate surface area is 171 Å². The molecule has 0 saturated carbocycles. The van der Waals surface area contributed by atoms with E-state index in [1.54, 1.807) is 19.1 Å². The topological polar surface area (TPSA) is 124 Å². The van der Waals surface area contributed by atoms with E-state index in [4.69, 9.17) is 0 Å². The molecule has 2 rings (SSSR count). The molecule has 0 aliphatic rings. The molecule has 0 aliphatic heterocycles. The highest BCUT2D eigenvalue weighted by molar-refractivity contribution is 6.01. The Morgan fingerprint density at radius 1 is 0.933 bits per heavy atom. The highest BCUT2D eigenvalue weighted by Gasteiger charge is 2.18. The van der Waals surface area contributed by atoms with E-state index in [2.05, 4.69) is 23.8 Å². The minimum absolute atomic E-state index is 0.149. The fourth-order valence-electron chi connectivity index (χ4n) is 2.81. The molecule has 0 unspecified atom stereocenters. The molecule has 1 aromatic carbocycles. The fraction of sp³-hybridized carbons (Fsp3) is 0.250. The SMILES string of the molecule is C=CCn1c(=O)n(CC=C)c(=O)n(CC(=O)NC(=O)Nc2ccc(C)cc2C)c1=O. The van der Waals surface area contributed by atoms with Gasteiger partial charge in [-0.3, -0.25) is 10.1 Å². The van der Waals surface area contributed by atoms with Gasteiger partial charge in [-0.05, 0) is 25.5 Å². The van der Waals surface area contributed by atoms with Gasteiger partial charge in [0.15, 0.2) is 0 Å². The summed E-state index contributed by atoms with van der Waals surface area (Å²) in [5, 5.41) is 4.60. The number of nitrogens with one attached hydrogen (secondary N) is 2. The molecule has 2 N–H and O–H groups in total. The second-order valence-corrected chi connectivity index (χ2v) is 6.55. The Morgan fingerprint density at radius 2 is 1.47 bits per heavy atom. The largest absolute Gasteiger partial charge is 0.337 e. The Balaban J connectivity index is 2.27. The number of anilines is 1. The van der Waals surface area contributed by atoms with Gasteiger partial charge in [0.05, 0.1) is 13.1 Å². The zero-order valence-corrected chi connectivity index (χ0v) is 16.8. The first-order valence-electron chi connectivity index (χ1n) is 9.04. The second kappa shape index (κ2) is 9.50. The zero-order valence-electron chi connectivity index (χ0n) is 16.8. The smallest absolute Gasteiger partial charge is 0.307 e. The number of aryl methyl sites for hydroxylation is 2. The van der Waals surface area contributed by atoms with Crippen molar-refractivity contribution in [3.8, 4) is 0 Å². The van der Waals surface area contributed by atoms with Gasteiger partial charge in [0, 0.05) is 5.69 Å². The lowest BCUT2D eigenvalue weighted by Crippen LogP contribution is -2.55. The van der Waals surface area contributed by atoms with Crippen LogP contribution >= 0.6 is 0 Å². The van der Waals surface area contributed by atoms with Crippen LogP contribution in [0.1, 0.15) is 11.1 Å². The predicted molar refractivity (Wildman–Crippen MR) is 113 cm³/mol. The van der Waals surface area contributed by atoms with Crippen molar-refractivity contribution in [1.29, 1.82) is 0 Å². The molecule has 0 aliphatic carbocycles. The number of imide groups is 1. The molecule has 1 aromatic heterocycles. The van der Waals surface area contributed by atoms with Crippen LogP contribution in [0.3, 0.4) is 0 Å². The number of amides is 3. The lowest BCUT2D eigenvalue weighted by Gasteiger charge is -2.13. The first kappa shape index (κ1) is 22.3. The van der Waals surface area contributed by atoms with Gasteiger partial charge in [0.25, 0.3) is 0 Å². The van der Waals surface area contributed by atoms with E-state index in [0.717, 1.165) is 20.3 Å². The molecular weight excluding hydrogens is 390 g/mol. The summed E-state index contributed by atoms with van der Waals surface area (Å²) in [5.41, 5.74) is -0.465. The summed E-state index contributed by atoms with van der Waals surface area (Å²) in [5.74, 6) is -0.898. The van der Waals surface area contributed by atoms with Crippen molar-refractivity contribution in [3.05, 3.63) is 86.1 Å². The number of hydrogen-bond donors (Lipinski definition) is 2. The Morgan fingerprint density at radius 3 is 1.97 bits per heavy atom. The van der Waals surface area contributed by atoms with Gasteiger partial charge < -0.3 is 5.32 Å². The minimum atomic E-state index is -0.977. The number of nitrogens with zero attached hydrogens (tertiary/aromatic N) is 3. The molecule has 10 heteroatoms. The van der Waals surface area contributed by atoms with Crippen molar-refractivity contribution in [3.63, 3.8) is 0 Å². The van der Waals surface area contributed by atoms with Crippen molar-refractivity contribution in [2.75, 3.05) is 5.32 Å². The van der Waals surface area contributed by atoms with E-state index in [1.807, 2.05) is 13.0 Å². The van der Waals surface area contributed by atoms with Gasteiger partial charge in [-0.25, -0.2) is 32.9 Å². The van der Waals surface area contributed by atoms with Crippen LogP contribution in [0.2, 0.25) is 0 Å². The van der Waals surface area contributed by atoms with E-state index < -0.39 is 35.6 Å². The lowest BCUT2D eigenvalue weighted by molar-refractivity contribution is -0.120. The van der Waals surface area contributed by atoms with Crippen molar-refractivity contribution in [2.24, 2.45) is 0 Å². The first-order chi connectivity index (χ1) is 14.2. The van der Waals surface area contributed by atoms with Crippen molar-refractivity contribution < 1.29 is 9.59 Å². The van der Waals surface area contributed by atoms with Crippen LogP contribution in [-0.4, -0.2) is 25.6 Å². The van der Waals surface area contributed by atoms with E-state index >= 15 is 0 Å². The molecule has 0 radical (unpaired) electrons. The van der Waals surface area contributed by atoms with Crippen LogP contribution < -0.4 is 27.7 Å². The van der Waals surface area contributed by atoms with Crippen LogP contribution in [0.25, 0.3) is 0 Å². The summed E-state index contributed by atoms with van der Waals surface area (Å²) < 4.78 is 2.11. The second-order valence-electron chi connectivity index (χ2n) is 6.55. The van der Waals surface area contributed by atoms with Crippen LogP contribution in [0.4, 0.5) is 10.5 Å². The number of rotatable bonds is 7.